The Balaban J connectivity index is 2.91. The average molecular weight is 186 g/mol. The number of hydrogen-bond donors (Lipinski definition) is 3. The standard InChI is InChI=1S/C7H6O6/c8-5(7(11)12)3-1-2-4(13-3)6(9)10/h1-2,5,8H,(H,9,10)(H,11,12)/t5-/m0/s1. The maximum absolute atomic E-state index is 10.3. The minimum Gasteiger partial charge on any atom is -0.479 e. The Kier molecular flexibility index (Phi) is 2.34. The van der Waals surface area contributed by atoms with Crippen LogP contribution in [0.15, 0.2) is 16.5 Å². The second kappa shape index (κ2) is 3.28. The van der Waals surface area contributed by atoms with Gasteiger partial charge < -0.3 is 19.7 Å². The van der Waals surface area contributed by atoms with Gasteiger partial charge in [0.25, 0.3) is 0 Å². The van der Waals surface area contributed by atoms with Gasteiger partial charge >= 0.3 is 11.9 Å². The number of aromatic carboxylic acids is 1. The van der Waals surface area contributed by atoms with Gasteiger partial charge in [0.05, 0.1) is 0 Å². The molecule has 70 valence electrons. The monoisotopic (exact) mass is 186 g/mol. The summed E-state index contributed by atoms with van der Waals surface area (Å²) >= 11 is 0. The van der Waals surface area contributed by atoms with Crippen LogP contribution in [0.25, 0.3) is 0 Å². The highest BCUT2D eigenvalue weighted by Gasteiger charge is 2.21. The van der Waals surface area contributed by atoms with Crippen molar-refractivity contribution in [3.05, 3.63) is 23.7 Å². The first-order valence-corrected chi connectivity index (χ1v) is 3.26. The predicted molar refractivity (Wildman–Crippen MR) is 38.3 cm³/mol. The molecule has 0 unspecified atom stereocenters. The Bertz CT molecular complexity index is 339. The molecule has 1 heterocycles. The number of carbonyl (C=O) groups is 2. The number of carboxylic acids is 2. The molecule has 13 heavy (non-hydrogen) atoms. The van der Waals surface area contributed by atoms with E-state index in [1.54, 1.807) is 0 Å². The molecule has 0 aromatic carbocycles. The van der Waals surface area contributed by atoms with Crippen molar-refractivity contribution in [2.24, 2.45) is 0 Å². The number of rotatable bonds is 3. The van der Waals surface area contributed by atoms with Gasteiger partial charge in [-0.3, -0.25) is 0 Å². The molecule has 0 fully saturated rings. The van der Waals surface area contributed by atoms with E-state index < -0.39 is 23.8 Å². The number of aliphatic hydroxyl groups is 1. The van der Waals surface area contributed by atoms with Gasteiger partial charge in [-0.1, -0.05) is 0 Å². The van der Waals surface area contributed by atoms with Crippen molar-refractivity contribution >= 4 is 11.9 Å². The first kappa shape index (κ1) is 9.27. The van der Waals surface area contributed by atoms with Crippen LogP contribution in [0.5, 0.6) is 0 Å². The molecule has 0 spiro atoms. The summed E-state index contributed by atoms with van der Waals surface area (Å²) in [5.74, 6) is -3.52. The van der Waals surface area contributed by atoms with E-state index in [0.29, 0.717) is 0 Å². The van der Waals surface area contributed by atoms with E-state index in [1.165, 1.54) is 0 Å². The summed E-state index contributed by atoms with van der Waals surface area (Å²) in [4.78, 5) is 20.5. The maximum Gasteiger partial charge on any atom is 0.371 e. The van der Waals surface area contributed by atoms with E-state index in [4.69, 9.17) is 15.3 Å². The lowest BCUT2D eigenvalue weighted by molar-refractivity contribution is -0.147. The molecule has 0 aliphatic heterocycles. The number of aliphatic carboxylic acids is 1. The fourth-order valence-electron chi connectivity index (χ4n) is 0.736. The highest BCUT2D eigenvalue weighted by molar-refractivity contribution is 5.84. The fraction of sp³-hybridized carbons (Fsp3) is 0.143. The van der Waals surface area contributed by atoms with Crippen LogP contribution in [0.2, 0.25) is 0 Å². The number of aliphatic hydroxyl groups excluding tert-OH is 1. The zero-order valence-corrected chi connectivity index (χ0v) is 6.30. The lowest BCUT2D eigenvalue weighted by Gasteiger charge is -1.99. The lowest BCUT2D eigenvalue weighted by Crippen LogP contribution is -2.09. The van der Waals surface area contributed by atoms with Crippen LogP contribution in [0.1, 0.15) is 22.4 Å². The van der Waals surface area contributed by atoms with Gasteiger partial charge in [-0.25, -0.2) is 9.59 Å². The second-order valence-electron chi connectivity index (χ2n) is 2.25. The van der Waals surface area contributed by atoms with Crippen molar-refractivity contribution in [1.29, 1.82) is 0 Å². The minimum atomic E-state index is -1.83. The highest BCUT2D eigenvalue weighted by Crippen LogP contribution is 2.16. The molecule has 0 bridgehead atoms. The molecule has 1 atom stereocenters. The Morgan fingerprint density at radius 1 is 1.31 bits per heavy atom. The maximum atomic E-state index is 10.3. The molecule has 6 nitrogen and oxygen atoms in total. The molecule has 1 aromatic rings. The van der Waals surface area contributed by atoms with Crippen molar-refractivity contribution in [2.75, 3.05) is 0 Å². The average Bonchev–Trinajstić information content (AvgIpc) is 2.50. The number of furan rings is 1. The first-order chi connectivity index (χ1) is 6.02. The second-order valence-corrected chi connectivity index (χ2v) is 2.25. The smallest absolute Gasteiger partial charge is 0.371 e. The molecule has 1 aromatic heterocycles. The largest absolute Gasteiger partial charge is 0.479 e. The minimum absolute atomic E-state index is 0.301. The summed E-state index contributed by atoms with van der Waals surface area (Å²) in [7, 11) is 0. The predicted octanol–water partition coefficient (Wildman–Crippen LogP) is 0.0958. The van der Waals surface area contributed by atoms with E-state index in [2.05, 4.69) is 4.42 Å². The van der Waals surface area contributed by atoms with E-state index >= 15 is 0 Å². The normalized spacial score (nSPS) is 12.4. The zero-order chi connectivity index (χ0) is 10.0. The van der Waals surface area contributed by atoms with Crippen LogP contribution in [0.3, 0.4) is 0 Å². The summed E-state index contributed by atoms with van der Waals surface area (Å²) in [6, 6.07) is 2.17. The molecule has 0 radical (unpaired) electrons. The Morgan fingerprint density at radius 3 is 2.31 bits per heavy atom. The van der Waals surface area contributed by atoms with E-state index in [9.17, 15) is 9.59 Å². The van der Waals surface area contributed by atoms with Gasteiger partial charge in [0.1, 0.15) is 5.76 Å². The summed E-state index contributed by atoms with van der Waals surface area (Å²) in [6.07, 6.45) is -1.83. The van der Waals surface area contributed by atoms with Crippen LogP contribution in [0, 0.1) is 0 Å². The van der Waals surface area contributed by atoms with E-state index in [0.717, 1.165) is 12.1 Å². The number of hydrogen-bond acceptors (Lipinski definition) is 4. The van der Waals surface area contributed by atoms with Crippen molar-refractivity contribution in [3.8, 4) is 0 Å². The van der Waals surface area contributed by atoms with Gasteiger partial charge in [0.15, 0.2) is 0 Å². The van der Waals surface area contributed by atoms with E-state index in [1.807, 2.05) is 0 Å². The molecule has 3 N–H and O–H groups in total. The molecule has 0 aliphatic carbocycles. The third-order valence-electron chi connectivity index (χ3n) is 1.34. The van der Waals surface area contributed by atoms with Crippen molar-refractivity contribution in [2.45, 2.75) is 6.10 Å². The van der Waals surface area contributed by atoms with E-state index in [-0.39, 0.29) is 5.76 Å². The molecule has 0 saturated heterocycles. The summed E-state index contributed by atoms with van der Waals surface area (Å²) in [5, 5.41) is 25.6. The molecule has 0 aliphatic rings. The topological polar surface area (TPSA) is 108 Å². The van der Waals surface area contributed by atoms with Crippen molar-refractivity contribution in [3.63, 3.8) is 0 Å². The van der Waals surface area contributed by atoms with Crippen LogP contribution in [-0.2, 0) is 4.79 Å². The quantitative estimate of drug-likeness (QED) is 0.617. The number of carboxylic acid groups (broad SMARTS) is 2. The molecule has 1 rings (SSSR count). The molecule has 0 saturated carbocycles. The summed E-state index contributed by atoms with van der Waals surface area (Å²) < 4.78 is 4.54. The fourth-order valence-corrected chi connectivity index (χ4v) is 0.736. The van der Waals surface area contributed by atoms with Gasteiger partial charge in [0, 0.05) is 0 Å². The van der Waals surface area contributed by atoms with Gasteiger partial charge in [0.2, 0.25) is 11.9 Å². The van der Waals surface area contributed by atoms with Crippen LogP contribution in [0.4, 0.5) is 0 Å². The SMILES string of the molecule is O=C(O)c1ccc([C@H](O)C(=O)O)o1. The zero-order valence-electron chi connectivity index (χ0n) is 6.30. The molecule has 6 heteroatoms. The third kappa shape index (κ3) is 1.85. The lowest BCUT2D eigenvalue weighted by atomic mass is 10.3. The molecular weight excluding hydrogens is 180 g/mol. The van der Waals surface area contributed by atoms with Gasteiger partial charge in [-0.2, -0.15) is 0 Å². The van der Waals surface area contributed by atoms with Gasteiger partial charge in [-0.15, -0.1) is 0 Å². The third-order valence-corrected chi connectivity index (χ3v) is 1.34. The van der Waals surface area contributed by atoms with Crippen LogP contribution >= 0.6 is 0 Å². The highest BCUT2D eigenvalue weighted by atomic mass is 16.4. The first-order valence-electron chi connectivity index (χ1n) is 3.26. The summed E-state index contributed by atoms with van der Waals surface area (Å²) in [6.45, 7) is 0. The Hall–Kier alpha value is -1.82. The van der Waals surface area contributed by atoms with Crippen LogP contribution in [-0.4, -0.2) is 27.3 Å². The van der Waals surface area contributed by atoms with Gasteiger partial charge in [-0.05, 0) is 12.1 Å². The van der Waals surface area contributed by atoms with Crippen LogP contribution < -0.4 is 0 Å². The molecule has 0 amide bonds. The van der Waals surface area contributed by atoms with Crippen molar-refractivity contribution < 1.29 is 29.3 Å². The molecular formula is C7H6O6. The van der Waals surface area contributed by atoms with Crippen molar-refractivity contribution in [1.82, 2.24) is 0 Å². The summed E-state index contributed by atoms with van der Waals surface area (Å²) in [5.41, 5.74) is 0. The Morgan fingerprint density at radius 2 is 1.92 bits per heavy atom. The Labute approximate surface area is 72.0 Å².